The molecule has 7 nitrogen and oxygen atoms in total. The number of hydrogen-bond acceptors (Lipinski definition) is 5. The van der Waals surface area contributed by atoms with Crippen molar-refractivity contribution in [2.45, 2.75) is 18.5 Å². The predicted octanol–water partition coefficient (Wildman–Crippen LogP) is 0.572. The number of aromatic nitrogens is 1. The van der Waals surface area contributed by atoms with Gasteiger partial charge in [0.05, 0.1) is 24.3 Å². The third-order valence-electron chi connectivity index (χ3n) is 4.28. The molecule has 2 fully saturated rings. The molecule has 0 unspecified atom stereocenters. The number of amides is 2. The molecule has 3 rings (SSSR count). The Bertz CT molecular complexity index is 583. The SMILES string of the molecule is COCCN1C(=O)N[C@@H]2CN(c3ccc(C#N)cn3)CC[C@@H]21. The summed E-state index contributed by atoms with van der Waals surface area (Å²) in [5, 5.41) is 11.9. The van der Waals surface area contributed by atoms with E-state index < -0.39 is 0 Å². The summed E-state index contributed by atoms with van der Waals surface area (Å²) in [6.45, 7) is 2.76. The van der Waals surface area contributed by atoms with Crippen molar-refractivity contribution >= 4 is 11.8 Å². The van der Waals surface area contributed by atoms with Crippen molar-refractivity contribution in [1.82, 2.24) is 15.2 Å². The second-order valence-electron chi connectivity index (χ2n) is 5.56. The van der Waals surface area contributed by atoms with Gasteiger partial charge in [-0.3, -0.25) is 0 Å². The van der Waals surface area contributed by atoms with Crippen molar-refractivity contribution in [3.63, 3.8) is 0 Å². The molecule has 116 valence electrons. The Morgan fingerprint density at radius 3 is 3.09 bits per heavy atom. The fraction of sp³-hybridized carbons (Fsp3) is 0.533. The van der Waals surface area contributed by atoms with Crippen LogP contribution in [0.2, 0.25) is 0 Å². The van der Waals surface area contributed by atoms with Gasteiger partial charge in [0.15, 0.2) is 0 Å². The first-order chi connectivity index (χ1) is 10.7. The minimum atomic E-state index is -0.0123. The molecule has 2 aliphatic heterocycles. The van der Waals surface area contributed by atoms with E-state index in [1.807, 2.05) is 11.0 Å². The highest BCUT2D eigenvalue weighted by molar-refractivity contribution is 5.78. The number of carbonyl (C=O) groups excluding carboxylic acids is 1. The highest BCUT2D eigenvalue weighted by atomic mass is 16.5. The number of carbonyl (C=O) groups is 1. The maximum Gasteiger partial charge on any atom is 0.318 e. The highest BCUT2D eigenvalue weighted by Gasteiger charge is 2.42. The number of nitriles is 1. The molecular formula is C15H19N5O2. The van der Waals surface area contributed by atoms with Gasteiger partial charge in [0.2, 0.25) is 0 Å². The summed E-state index contributed by atoms with van der Waals surface area (Å²) < 4.78 is 5.08. The molecule has 0 radical (unpaired) electrons. The summed E-state index contributed by atoms with van der Waals surface area (Å²) in [5.74, 6) is 0.849. The number of anilines is 1. The molecule has 2 aliphatic rings. The number of urea groups is 1. The molecule has 1 aromatic rings. The lowest BCUT2D eigenvalue weighted by Crippen LogP contribution is -2.51. The predicted molar refractivity (Wildman–Crippen MR) is 80.5 cm³/mol. The van der Waals surface area contributed by atoms with Gasteiger partial charge in [-0.2, -0.15) is 5.26 Å². The van der Waals surface area contributed by atoms with Crippen molar-refractivity contribution in [2.75, 3.05) is 38.3 Å². The van der Waals surface area contributed by atoms with Crippen LogP contribution in [0.4, 0.5) is 10.6 Å². The lowest BCUT2D eigenvalue weighted by atomic mass is 10.00. The van der Waals surface area contributed by atoms with Gasteiger partial charge in [-0.1, -0.05) is 0 Å². The van der Waals surface area contributed by atoms with E-state index in [-0.39, 0.29) is 18.1 Å². The van der Waals surface area contributed by atoms with Crippen LogP contribution in [0, 0.1) is 11.3 Å². The number of fused-ring (bicyclic) bond motifs is 1. The molecule has 0 aliphatic carbocycles. The average Bonchev–Trinajstić information content (AvgIpc) is 2.87. The van der Waals surface area contributed by atoms with Crippen molar-refractivity contribution in [2.24, 2.45) is 0 Å². The Morgan fingerprint density at radius 1 is 1.55 bits per heavy atom. The molecule has 1 N–H and O–H groups in total. The van der Waals surface area contributed by atoms with Crippen LogP contribution in [0.1, 0.15) is 12.0 Å². The van der Waals surface area contributed by atoms with Crippen LogP contribution in [0.3, 0.4) is 0 Å². The number of piperidine rings is 1. The van der Waals surface area contributed by atoms with Crippen LogP contribution in [-0.2, 0) is 4.74 Å². The zero-order valence-electron chi connectivity index (χ0n) is 12.5. The normalized spacial score (nSPS) is 23.9. The molecule has 2 amide bonds. The van der Waals surface area contributed by atoms with Gasteiger partial charge in [-0.25, -0.2) is 9.78 Å². The lowest BCUT2D eigenvalue weighted by Gasteiger charge is -2.37. The van der Waals surface area contributed by atoms with Gasteiger partial charge in [0.1, 0.15) is 11.9 Å². The minimum Gasteiger partial charge on any atom is -0.383 e. The Labute approximate surface area is 129 Å². The third-order valence-corrected chi connectivity index (χ3v) is 4.28. The van der Waals surface area contributed by atoms with Gasteiger partial charge >= 0.3 is 6.03 Å². The molecule has 0 bridgehead atoms. The summed E-state index contributed by atoms with van der Waals surface area (Å²) in [5.41, 5.74) is 0.554. The van der Waals surface area contributed by atoms with Gasteiger partial charge in [-0.15, -0.1) is 0 Å². The molecule has 3 heterocycles. The van der Waals surface area contributed by atoms with E-state index in [1.54, 1.807) is 19.4 Å². The average molecular weight is 301 g/mol. The van der Waals surface area contributed by atoms with Crippen molar-refractivity contribution in [3.8, 4) is 6.07 Å². The third kappa shape index (κ3) is 2.70. The summed E-state index contributed by atoms with van der Waals surface area (Å²) in [4.78, 5) is 20.4. The maximum absolute atomic E-state index is 12.1. The van der Waals surface area contributed by atoms with Gasteiger partial charge in [0.25, 0.3) is 0 Å². The second kappa shape index (κ2) is 6.20. The Morgan fingerprint density at radius 2 is 2.41 bits per heavy atom. The van der Waals surface area contributed by atoms with Crippen LogP contribution >= 0.6 is 0 Å². The van der Waals surface area contributed by atoms with Crippen LogP contribution in [-0.4, -0.2) is 61.3 Å². The first-order valence-electron chi connectivity index (χ1n) is 7.40. The summed E-state index contributed by atoms with van der Waals surface area (Å²) in [7, 11) is 1.64. The van der Waals surface area contributed by atoms with Gasteiger partial charge in [0, 0.05) is 32.9 Å². The zero-order chi connectivity index (χ0) is 15.5. The van der Waals surface area contributed by atoms with E-state index in [0.717, 1.165) is 25.3 Å². The number of nitrogens with zero attached hydrogens (tertiary/aromatic N) is 4. The standard InChI is InChI=1S/C15H19N5O2/c1-22-7-6-20-13-4-5-19(10-12(13)18-15(20)21)14-3-2-11(8-16)9-17-14/h2-3,9,12-13H,4-7,10H2,1H3,(H,18,21)/t12-,13+/m1/s1. The number of nitrogens with one attached hydrogen (secondary N) is 1. The van der Waals surface area contributed by atoms with E-state index in [2.05, 4.69) is 21.3 Å². The largest absolute Gasteiger partial charge is 0.383 e. The zero-order valence-corrected chi connectivity index (χ0v) is 12.5. The number of hydrogen-bond donors (Lipinski definition) is 1. The Hall–Kier alpha value is -2.33. The number of rotatable bonds is 4. The fourth-order valence-corrected chi connectivity index (χ4v) is 3.15. The lowest BCUT2D eigenvalue weighted by molar-refractivity contribution is 0.140. The van der Waals surface area contributed by atoms with Gasteiger partial charge < -0.3 is 19.9 Å². The number of ether oxygens (including phenoxy) is 1. The highest BCUT2D eigenvalue weighted by Crippen LogP contribution is 2.25. The van der Waals surface area contributed by atoms with Gasteiger partial charge in [-0.05, 0) is 18.6 Å². The molecule has 2 saturated heterocycles. The second-order valence-corrected chi connectivity index (χ2v) is 5.56. The maximum atomic E-state index is 12.1. The fourth-order valence-electron chi connectivity index (χ4n) is 3.15. The first kappa shape index (κ1) is 14.6. The Balaban J connectivity index is 1.67. The monoisotopic (exact) mass is 301 g/mol. The van der Waals surface area contributed by atoms with Crippen molar-refractivity contribution in [1.29, 1.82) is 5.26 Å². The molecule has 1 aromatic heterocycles. The quantitative estimate of drug-likeness (QED) is 0.879. The number of methoxy groups -OCH3 is 1. The molecule has 22 heavy (non-hydrogen) atoms. The molecule has 0 saturated carbocycles. The van der Waals surface area contributed by atoms with E-state index in [4.69, 9.17) is 10.00 Å². The van der Waals surface area contributed by atoms with Crippen molar-refractivity contribution in [3.05, 3.63) is 23.9 Å². The van der Waals surface area contributed by atoms with Crippen LogP contribution in [0.25, 0.3) is 0 Å². The van der Waals surface area contributed by atoms with Crippen LogP contribution in [0.5, 0.6) is 0 Å². The summed E-state index contributed by atoms with van der Waals surface area (Å²) >= 11 is 0. The van der Waals surface area contributed by atoms with Crippen LogP contribution < -0.4 is 10.2 Å². The summed E-state index contributed by atoms with van der Waals surface area (Å²) in [6, 6.07) is 6.01. The number of pyridine rings is 1. The minimum absolute atomic E-state index is 0.0123. The van der Waals surface area contributed by atoms with E-state index in [0.29, 0.717) is 18.7 Å². The molecular weight excluding hydrogens is 282 g/mol. The van der Waals surface area contributed by atoms with E-state index in [9.17, 15) is 4.79 Å². The topological polar surface area (TPSA) is 81.5 Å². The smallest absolute Gasteiger partial charge is 0.318 e. The molecule has 0 spiro atoms. The first-order valence-corrected chi connectivity index (χ1v) is 7.40. The molecule has 0 aromatic carbocycles. The Kier molecular flexibility index (Phi) is 4.11. The summed E-state index contributed by atoms with van der Waals surface area (Å²) in [6.07, 6.45) is 2.48. The van der Waals surface area contributed by atoms with E-state index >= 15 is 0 Å². The van der Waals surface area contributed by atoms with Crippen LogP contribution in [0.15, 0.2) is 18.3 Å². The van der Waals surface area contributed by atoms with Crippen molar-refractivity contribution < 1.29 is 9.53 Å². The van der Waals surface area contributed by atoms with E-state index in [1.165, 1.54) is 0 Å². The molecule has 7 heteroatoms. The molecule has 2 atom stereocenters.